The van der Waals surface area contributed by atoms with E-state index in [0.29, 0.717) is 26.1 Å². The van der Waals surface area contributed by atoms with E-state index in [0.717, 1.165) is 6.42 Å². The van der Waals surface area contributed by atoms with Gasteiger partial charge < -0.3 is 19.6 Å². The van der Waals surface area contributed by atoms with Gasteiger partial charge in [-0.15, -0.1) is 0 Å². The first kappa shape index (κ1) is 21.3. The zero-order valence-corrected chi connectivity index (χ0v) is 16.7. The average molecular weight is 424 g/mol. The minimum atomic E-state index is -3.50. The molecule has 10 heteroatoms. The largest absolute Gasteiger partial charge is 0.483 e. The Morgan fingerprint density at radius 3 is 2.66 bits per heavy atom. The van der Waals surface area contributed by atoms with Gasteiger partial charge in [0.25, 0.3) is 6.47 Å². The van der Waals surface area contributed by atoms with Crippen LogP contribution in [-0.4, -0.2) is 78.8 Å². The molecular formula is C19H24N2O7S. The molecule has 4 rings (SSSR count). The van der Waals surface area contributed by atoms with E-state index in [1.807, 2.05) is 0 Å². The van der Waals surface area contributed by atoms with Gasteiger partial charge >= 0.3 is 0 Å². The monoisotopic (exact) mass is 424 g/mol. The van der Waals surface area contributed by atoms with Gasteiger partial charge in [-0.3, -0.25) is 14.4 Å². The molecule has 0 bridgehead atoms. The van der Waals surface area contributed by atoms with Gasteiger partial charge in [0.2, 0.25) is 11.8 Å². The van der Waals surface area contributed by atoms with Crippen LogP contribution >= 0.6 is 0 Å². The van der Waals surface area contributed by atoms with Gasteiger partial charge in [0, 0.05) is 25.9 Å². The lowest BCUT2D eigenvalue weighted by Crippen LogP contribution is -2.56. The van der Waals surface area contributed by atoms with Gasteiger partial charge in [0.1, 0.15) is 0 Å². The second kappa shape index (κ2) is 8.50. The Labute approximate surface area is 169 Å². The van der Waals surface area contributed by atoms with Gasteiger partial charge in [-0.1, -0.05) is 18.2 Å². The molecule has 3 fully saturated rings. The van der Waals surface area contributed by atoms with Crippen molar-refractivity contribution in [1.29, 1.82) is 0 Å². The first-order valence-electron chi connectivity index (χ1n) is 9.45. The molecule has 2 amide bonds. The zero-order chi connectivity index (χ0) is 21.1. The standard InChI is InChI=1S/C18H22N2O5S.CH2O2/c21-16(7-12-26(23,24)14-5-2-1-3-6-14)19-10-8-18-15(19)13-17(22)20(18)9-4-11-25-18;2-1-3/h1-3,5-6,15H,4,7-13H2;1H,(H,2,3)/t15-,18+;/m1./s1. The van der Waals surface area contributed by atoms with Crippen molar-refractivity contribution in [3.8, 4) is 0 Å². The summed E-state index contributed by atoms with van der Waals surface area (Å²) < 4.78 is 30.8. The molecule has 2 atom stereocenters. The van der Waals surface area contributed by atoms with Crippen LogP contribution in [0.1, 0.15) is 25.7 Å². The van der Waals surface area contributed by atoms with Crippen LogP contribution < -0.4 is 0 Å². The maximum absolute atomic E-state index is 12.7. The summed E-state index contributed by atoms with van der Waals surface area (Å²) in [6.45, 7) is 1.50. The quantitative estimate of drug-likeness (QED) is 0.699. The number of sulfone groups is 1. The highest BCUT2D eigenvalue weighted by Crippen LogP contribution is 2.45. The number of nitrogens with zero attached hydrogens (tertiary/aromatic N) is 2. The normalized spacial score (nSPS) is 25.7. The number of carboxylic acid groups (broad SMARTS) is 1. The summed E-state index contributed by atoms with van der Waals surface area (Å²) in [5.41, 5.74) is -0.691. The first-order valence-corrected chi connectivity index (χ1v) is 11.1. The van der Waals surface area contributed by atoms with Crippen molar-refractivity contribution in [2.75, 3.05) is 25.4 Å². The molecule has 0 saturated carbocycles. The Balaban J connectivity index is 0.000000755. The molecule has 29 heavy (non-hydrogen) atoms. The third kappa shape index (κ3) is 3.99. The van der Waals surface area contributed by atoms with Crippen LogP contribution in [0.15, 0.2) is 35.2 Å². The molecule has 9 nitrogen and oxygen atoms in total. The summed E-state index contributed by atoms with van der Waals surface area (Å²) >= 11 is 0. The number of carbonyl (C=O) groups is 3. The van der Waals surface area contributed by atoms with Gasteiger partial charge in [-0.25, -0.2) is 8.42 Å². The fourth-order valence-corrected chi connectivity index (χ4v) is 5.61. The van der Waals surface area contributed by atoms with Crippen LogP contribution in [0.4, 0.5) is 0 Å². The summed E-state index contributed by atoms with van der Waals surface area (Å²) in [5, 5.41) is 6.89. The number of amides is 2. The molecule has 0 radical (unpaired) electrons. The molecule has 1 N–H and O–H groups in total. The van der Waals surface area contributed by atoms with E-state index >= 15 is 0 Å². The van der Waals surface area contributed by atoms with E-state index in [1.54, 1.807) is 28.0 Å². The topological polar surface area (TPSA) is 121 Å². The number of likely N-dealkylation sites (tertiary alicyclic amines) is 1. The van der Waals surface area contributed by atoms with Crippen LogP contribution in [0.2, 0.25) is 0 Å². The predicted octanol–water partition coefficient (Wildman–Crippen LogP) is 0.501. The van der Waals surface area contributed by atoms with Gasteiger partial charge in [-0.2, -0.15) is 0 Å². The van der Waals surface area contributed by atoms with E-state index in [-0.39, 0.29) is 47.8 Å². The van der Waals surface area contributed by atoms with Gasteiger partial charge in [0.15, 0.2) is 15.6 Å². The molecule has 3 aliphatic rings. The molecule has 3 heterocycles. The molecule has 1 spiro atoms. The molecule has 158 valence electrons. The first-order chi connectivity index (χ1) is 13.9. The van der Waals surface area contributed by atoms with E-state index in [1.165, 1.54) is 12.1 Å². The van der Waals surface area contributed by atoms with Crippen LogP contribution in [0.3, 0.4) is 0 Å². The molecular weight excluding hydrogens is 400 g/mol. The van der Waals surface area contributed by atoms with Crippen molar-refractivity contribution in [3.63, 3.8) is 0 Å². The number of rotatable bonds is 4. The smallest absolute Gasteiger partial charge is 0.290 e. The van der Waals surface area contributed by atoms with E-state index < -0.39 is 15.6 Å². The second-order valence-electron chi connectivity index (χ2n) is 7.14. The highest BCUT2D eigenvalue weighted by atomic mass is 32.2. The number of hydrogen-bond donors (Lipinski definition) is 1. The van der Waals surface area contributed by atoms with Crippen molar-refractivity contribution in [2.45, 2.75) is 42.3 Å². The van der Waals surface area contributed by atoms with Crippen molar-refractivity contribution >= 4 is 28.1 Å². The molecule has 0 unspecified atom stereocenters. The molecule has 1 aromatic carbocycles. The summed E-state index contributed by atoms with van der Waals surface area (Å²) in [6.07, 6.45) is 1.58. The van der Waals surface area contributed by atoms with Gasteiger partial charge in [-0.05, 0) is 18.6 Å². The summed E-state index contributed by atoms with van der Waals surface area (Å²) in [4.78, 5) is 37.0. The Bertz CT molecular complexity index is 874. The maximum atomic E-state index is 12.7. The lowest BCUT2D eigenvalue weighted by Gasteiger charge is -2.42. The van der Waals surface area contributed by atoms with Crippen LogP contribution in [0.5, 0.6) is 0 Å². The number of carbonyl (C=O) groups excluding carboxylic acids is 2. The third-order valence-corrected chi connectivity index (χ3v) is 7.35. The minimum Gasteiger partial charge on any atom is -0.483 e. The van der Waals surface area contributed by atoms with Crippen molar-refractivity contribution in [1.82, 2.24) is 9.80 Å². The van der Waals surface area contributed by atoms with Gasteiger partial charge in [0.05, 0.1) is 29.7 Å². The fourth-order valence-electron chi connectivity index (χ4n) is 4.36. The number of benzene rings is 1. The Morgan fingerprint density at radius 1 is 1.28 bits per heavy atom. The van der Waals surface area contributed by atoms with Crippen molar-refractivity contribution in [2.24, 2.45) is 0 Å². The average Bonchev–Trinajstić information content (AvgIpc) is 3.20. The van der Waals surface area contributed by atoms with E-state index in [4.69, 9.17) is 14.6 Å². The van der Waals surface area contributed by atoms with E-state index in [2.05, 4.69) is 0 Å². The van der Waals surface area contributed by atoms with Crippen LogP contribution in [0.25, 0.3) is 0 Å². The summed E-state index contributed by atoms with van der Waals surface area (Å²) in [7, 11) is -3.50. The number of ether oxygens (including phenoxy) is 1. The summed E-state index contributed by atoms with van der Waals surface area (Å²) in [5.74, 6) is -0.441. The lowest BCUT2D eigenvalue weighted by molar-refractivity contribution is -0.181. The minimum absolute atomic E-state index is 0.0177. The maximum Gasteiger partial charge on any atom is 0.290 e. The SMILES string of the molecule is O=C(CCS(=O)(=O)c1ccccc1)N1CC[C@@]23OCCCN2C(=O)C[C@@H]13.O=CO. The molecule has 0 aliphatic carbocycles. The molecule has 3 saturated heterocycles. The Hall–Kier alpha value is -2.46. The molecule has 0 aromatic heterocycles. The van der Waals surface area contributed by atoms with Crippen molar-refractivity contribution in [3.05, 3.63) is 30.3 Å². The Morgan fingerprint density at radius 2 is 1.97 bits per heavy atom. The lowest BCUT2D eigenvalue weighted by atomic mass is 10.0. The fraction of sp³-hybridized carbons (Fsp3) is 0.526. The Kier molecular flexibility index (Phi) is 6.23. The highest BCUT2D eigenvalue weighted by Gasteiger charge is 2.61. The second-order valence-corrected chi connectivity index (χ2v) is 9.25. The summed E-state index contributed by atoms with van der Waals surface area (Å²) in [6, 6.07) is 7.85. The van der Waals surface area contributed by atoms with Crippen LogP contribution in [-0.2, 0) is 29.0 Å². The highest BCUT2D eigenvalue weighted by molar-refractivity contribution is 7.91. The molecule has 3 aliphatic heterocycles. The van der Waals surface area contributed by atoms with Crippen molar-refractivity contribution < 1.29 is 32.6 Å². The molecule has 1 aromatic rings. The number of hydrogen-bond acceptors (Lipinski definition) is 6. The zero-order valence-electron chi connectivity index (χ0n) is 15.9. The predicted molar refractivity (Wildman–Crippen MR) is 102 cm³/mol. The van der Waals surface area contributed by atoms with E-state index in [9.17, 15) is 18.0 Å². The van der Waals surface area contributed by atoms with Crippen LogP contribution in [0, 0.1) is 0 Å². The third-order valence-electron chi connectivity index (χ3n) is 5.62.